The normalized spacial score (nSPS) is 10.1. The molecule has 4 nitrogen and oxygen atoms in total. The number of nitriles is 1. The van der Waals surface area contributed by atoms with Crippen LogP contribution in [-0.2, 0) is 11.3 Å². The molecule has 102 valence electrons. The molecule has 0 aromatic heterocycles. The highest BCUT2D eigenvalue weighted by Gasteiger charge is 2.09. The van der Waals surface area contributed by atoms with Gasteiger partial charge in [0, 0.05) is 13.6 Å². The molecule has 0 spiro atoms. The van der Waals surface area contributed by atoms with Gasteiger partial charge in [-0.05, 0) is 17.0 Å². The van der Waals surface area contributed by atoms with E-state index in [0.717, 1.165) is 5.56 Å². The number of amides is 1. The van der Waals surface area contributed by atoms with Crippen molar-refractivity contribution in [3.63, 3.8) is 0 Å². The molecule has 4 heteroatoms. The van der Waals surface area contributed by atoms with Gasteiger partial charge in [-0.25, -0.2) is 4.79 Å². The number of ether oxygens (including phenoxy) is 1. The Labute approximate surface area is 114 Å². The number of carbonyl (C=O) groups excluding carboxylic acids is 1. The van der Waals surface area contributed by atoms with Gasteiger partial charge in [-0.1, -0.05) is 38.1 Å². The van der Waals surface area contributed by atoms with Gasteiger partial charge in [-0.3, -0.25) is 0 Å². The van der Waals surface area contributed by atoms with E-state index in [0.29, 0.717) is 18.9 Å². The largest absolute Gasteiger partial charge is 0.445 e. The first-order valence-corrected chi connectivity index (χ1v) is 6.38. The average Bonchev–Trinajstić information content (AvgIpc) is 2.42. The lowest BCUT2D eigenvalue weighted by atomic mass is 10.0. The minimum absolute atomic E-state index is 0.258. The van der Waals surface area contributed by atoms with Crippen molar-refractivity contribution in [3.8, 4) is 6.07 Å². The van der Waals surface area contributed by atoms with Crippen molar-refractivity contribution in [2.24, 2.45) is 0 Å². The van der Waals surface area contributed by atoms with Gasteiger partial charge in [0.1, 0.15) is 6.61 Å². The van der Waals surface area contributed by atoms with Crippen LogP contribution in [0.4, 0.5) is 4.79 Å². The van der Waals surface area contributed by atoms with Crippen LogP contribution in [0.2, 0.25) is 0 Å². The third-order valence-corrected chi connectivity index (χ3v) is 2.88. The molecule has 0 aliphatic rings. The summed E-state index contributed by atoms with van der Waals surface area (Å²) >= 11 is 0. The van der Waals surface area contributed by atoms with E-state index in [-0.39, 0.29) is 6.61 Å². The van der Waals surface area contributed by atoms with Crippen LogP contribution < -0.4 is 0 Å². The molecule has 0 atom stereocenters. The summed E-state index contributed by atoms with van der Waals surface area (Å²) in [6.45, 7) is 4.92. The van der Waals surface area contributed by atoms with Gasteiger partial charge in [-0.15, -0.1) is 0 Å². The maximum Gasteiger partial charge on any atom is 0.409 e. The number of rotatable bonds is 5. The van der Waals surface area contributed by atoms with Gasteiger partial charge in [0.25, 0.3) is 0 Å². The summed E-state index contributed by atoms with van der Waals surface area (Å²) in [6.07, 6.45) is -0.0857. The summed E-state index contributed by atoms with van der Waals surface area (Å²) < 4.78 is 5.16. The van der Waals surface area contributed by atoms with Gasteiger partial charge < -0.3 is 9.64 Å². The van der Waals surface area contributed by atoms with Gasteiger partial charge in [0.2, 0.25) is 0 Å². The highest BCUT2D eigenvalue weighted by Crippen LogP contribution is 2.15. The molecule has 19 heavy (non-hydrogen) atoms. The Bertz CT molecular complexity index is 446. The van der Waals surface area contributed by atoms with Crippen LogP contribution in [0.5, 0.6) is 0 Å². The smallest absolute Gasteiger partial charge is 0.409 e. The predicted molar refractivity (Wildman–Crippen MR) is 73.6 cm³/mol. The molecular weight excluding hydrogens is 240 g/mol. The van der Waals surface area contributed by atoms with E-state index in [1.54, 1.807) is 7.05 Å². The third-order valence-electron chi connectivity index (χ3n) is 2.88. The molecule has 1 aromatic rings. The van der Waals surface area contributed by atoms with E-state index in [9.17, 15) is 4.79 Å². The highest BCUT2D eigenvalue weighted by atomic mass is 16.6. The molecule has 1 aromatic carbocycles. The summed E-state index contributed by atoms with van der Waals surface area (Å²) in [6, 6.07) is 10.0. The number of benzene rings is 1. The van der Waals surface area contributed by atoms with E-state index in [1.165, 1.54) is 10.5 Å². The van der Waals surface area contributed by atoms with E-state index in [4.69, 9.17) is 10.00 Å². The Morgan fingerprint density at radius 2 is 2.00 bits per heavy atom. The van der Waals surface area contributed by atoms with Gasteiger partial charge >= 0.3 is 6.09 Å². The lowest BCUT2D eigenvalue weighted by Gasteiger charge is -2.15. The second-order valence-corrected chi connectivity index (χ2v) is 4.78. The van der Waals surface area contributed by atoms with E-state index >= 15 is 0 Å². The van der Waals surface area contributed by atoms with E-state index < -0.39 is 6.09 Å². The van der Waals surface area contributed by atoms with Crippen LogP contribution in [0.1, 0.15) is 37.3 Å². The van der Waals surface area contributed by atoms with Gasteiger partial charge in [0.05, 0.1) is 12.5 Å². The lowest BCUT2D eigenvalue weighted by Crippen LogP contribution is -2.28. The number of nitrogens with zero attached hydrogens (tertiary/aromatic N) is 2. The molecule has 0 saturated carbocycles. The molecule has 1 rings (SSSR count). The zero-order chi connectivity index (χ0) is 14.3. The Balaban J connectivity index is 2.44. The molecule has 0 heterocycles. The van der Waals surface area contributed by atoms with Crippen molar-refractivity contribution in [1.82, 2.24) is 4.90 Å². The predicted octanol–water partition coefficient (Wildman–Crippen LogP) is 3.29. The van der Waals surface area contributed by atoms with Crippen LogP contribution >= 0.6 is 0 Å². The number of carbonyl (C=O) groups is 1. The number of hydrogen-bond acceptors (Lipinski definition) is 3. The average molecular weight is 260 g/mol. The van der Waals surface area contributed by atoms with E-state index in [1.807, 2.05) is 30.3 Å². The van der Waals surface area contributed by atoms with Crippen LogP contribution in [0.25, 0.3) is 0 Å². The second kappa shape index (κ2) is 7.42. The molecule has 0 fully saturated rings. The molecule has 0 bridgehead atoms. The maximum absolute atomic E-state index is 11.6. The summed E-state index contributed by atoms with van der Waals surface area (Å²) in [7, 11) is 1.63. The quantitative estimate of drug-likeness (QED) is 0.816. The fourth-order valence-corrected chi connectivity index (χ4v) is 1.56. The van der Waals surface area contributed by atoms with Crippen molar-refractivity contribution >= 4 is 6.09 Å². The summed E-state index contributed by atoms with van der Waals surface area (Å²) in [5.74, 6) is 0.494. The Hall–Kier alpha value is -2.02. The Kier molecular flexibility index (Phi) is 5.87. The number of hydrogen-bond donors (Lipinski definition) is 0. The van der Waals surface area contributed by atoms with Crippen molar-refractivity contribution in [1.29, 1.82) is 5.26 Å². The zero-order valence-electron chi connectivity index (χ0n) is 11.7. The first-order valence-electron chi connectivity index (χ1n) is 6.38. The third kappa shape index (κ3) is 5.01. The zero-order valence-corrected chi connectivity index (χ0v) is 11.7. The molecule has 0 radical (unpaired) electrons. The first-order chi connectivity index (χ1) is 9.04. The topological polar surface area (TPSA) is 53.3 Å². The lowest BCUT2D eigenvalue weighted by molar-refractivity contribution is 0.105. The monoisotopic (exact) mass is 260 g/mol. The fraction of sp³-hybridized carbons (Fsp3) is 0.467. The Morgan fingerprint density at radius 1 is 1.37 bits per heavy atom. The molecular formula is C15H20N2O2. The molecule has 0 unspecified atom stereocenters. The van der Waals surface area contributed by atoms with Gasteiger partial charge in [0.15, 0.2) is 0 Å². The van der Waals surface area contributed by atoms with Crippen molar-refractivity contribution in [2.45, 2.75) is 32.8 Å². The molecule has 0 aliphatic carbocycles. The molecule has 1 amide bonds. The molecule has 0 aliphatic heterocycles. The van der Waals surface area contributed by atoms with Gasteiger partial charge in [-0.2, -0.15) is 5.26 Å². The van der Waals surface area contributed by atoms with Crippen LogP contribution in [0, 0.1) is 11.3 Å². The first kappa shape index (κ1) is 15.0. The second-order valence-electron chi connectivity index (χ2n) is 4.78. The molecule has 0 N–H and O–H groups in total. The standard InChI is InChI=1S/C15H20N2O2/c1-12(2)14-7-5-13(6-8-14)11-19-15(18)17(3)10-4-9-16/h5-8,12H,4,10-11H2,1-3H3. The Morgan fingerprint density at radius 3 is 2.53 bits per heavy atom. The summed E-state index contributed by atoms with van der Waals surface area (Å²) in [5, 5.41) is 8.45. The molecule has 0 saturated heterocycles. The summed E-state index contributed by atoms with van der Waals surface area (Å²) in [5.41, 5.74) is 2.23. The maximum atomic E-state index is 11.6. The van der Waals surface area contributed by atoms with Crippen molar-refractivity contribution in [3.05, 3.63) is 35.4 Å². The fourth-order valence-electron chi connectivity index (χ4n) is 1.56. The summed E-state index contributed by atoms with van der Waals surface area (Å²) in [4.78, 5) is 13.0. The minimum atomic E-state index is -0.400. The van der Waals surface area contributed by atoms with Crippen LogP contribution in [-0.4, -0.2) is 24.6 Å². The van der Waals surface area contributed by atoms with Crippen molar-refractivity contribution in [2.75, 3.05) is 13.6 Å². The van der Waals surface area contributed by atoms with E-state index in [2.05, 4.69) is 13.8 Å². The minimum Gasteiger partial charge on any atom is -0.445 e. The van der Waals surface area contributed by atoms with Crippen LogP contribution in [0.3, 0.4) is 0 Å². The van der Waals surface area contributed by atoms with Crippen molar-refractivity contribution < 1.29 is 9.53 Å². The SMILES string of the molecule is CC(C)c1ccc(COC(=O)N(C)CCC#N)cc1. The highest BCUT2D eigenvalue weighted by molar-refractivity contribution is 5.67. The van der Waals surface area contributed by atoms with Crippen LogP contribution in [0.15, 0.2) is 24.3 Å².